The molecule has 0 fully saturated rings. The van der Waals surface area contributed by atoms with Crippen LogP contribution in [-0.4, -0.2) is 15.4 Å². The maximum Gasteiger partial charge on any atom is 0.123 e. The molecule has 1 aromatic carbocycles. The van der Waals surface area contributed by atoms with Crippen molar-refractivity contribution in [3.63, 3.8) is 0 Å². The van der Waals surface area contributed by atoms with Gasteiger partial charge in [0, 0.05) is 0 Å². The number of benzene rings is 1. The molecule has 0 radical (unpaired) electrons. The Kier molecular flexibility index (Phi) is 3.29. The molecule has 1 heterocycles. The van der Waals surface area contributed by atoms with Crippen molar-refractivity contribution in [1.82, 2.24) is 15.4 Å². The number of hydrogen-bond acceptors (Lipinski definition) is 2. The summed E-state index contributed by atoms with van der Waals surface area (Å²) in [4.78, 5) is 0. The Bertz CT molecular complexity index is 422. The molecular weight excluding hydrogens is 205 g/mol. The van der Waals surface area contributed by atoms with Crippen LogP contribution in [0.25, 0.3) is 0 Å². The van der Waals surface area contributed by atoms with Crippen LogP contribution in [-0.2, 0) is 6.42 Å². The lowest BCUT2D eigenvalue weighted by Crippen LogP contribution is -2.02. The molecular formula is C12H14FN3. The topological polar surface area (TPSA) is 41.6 Å². The molecule has 2 rings (SSSR count). The molecule has 0 bridgehead atoms. The van der Waals surface area contributed by atoms with E-state index in [4.69, 9.17) is 0 Å². The van der Waals surface area contributed by atoms with Crippen molar-refractivity contribution in [2.24, 2.45) is 0 Å². The van der Waals surface area contributed by atoms with Crippen molar-refractivity contribution in [2.75, 3.05) is 0 Å². The van der Waals surface area contributed by atoms with E-state index < -0.39 is 0 Å². The zero-order valence-corrected chi connectivity index (χ0v) is 9.15. The third-order valence-electron chi connectivity index (χ3n) is 2.75. The summed E-state index contributed by atoms with van der Waals surface area (Å²) in [5.74, 6) is 0.172. The van der Waals surface area contributed by atoms with Gasteiger partial charge in [-0.05, 0) is 36.5 Å². The van der Waals surface area contributed by atoms with Crippen molar-refractivity contribution < 1.29 is 4.39 Å². The van der Waals surface area contributed by atoms with Crippen molar-refractivity contribution in [1.29, 1.82) is 0 Å². The van der Waals surface area contributed by atoms with E-state index >= 15 is 0 Å². The van der Waals surface area contributed by atoms with E-state index in [0.717, 1.165) is 24.1 Å². The average molecular weight is 219 g/mol. The molecule has 1 aromatic heterocycles. The first-order valence-electron chi connectivity index (χ1n) is 5.39. The van der Waals surface area contributed by atoms with E-state index in [9.17, 15) is 4.39 Å². The van der Waals surface area contributed by atoms with Gasteiger partial charge in [0.05, 0.1) is 11.9 Å². The zero-order valence-electron chi connectivity index (χ0n) is 9.15. The zero-order chi connectivity index (χ0) is 11.4. The van der Waals surface area contributed by atoms with Crippen molar-refractivity contribution in [3.8, 4) is 0 Å². The summed E-state index contributed by atoms with van der Waals surface area (Å²) in [6, 6.07) is 6.68. The van der Waals surface area contributed by atoms with Crippen LogP contribution in [0.15, 0.2) is 30.5 Å². The van der Waals surface area contributed by atoms with Gasteiger partial charge in [-0.25, -0.2) is 4.39 Å². The number of nitrogens with one attached hydrogen (secondary N) is 1. The fraction of sp³-hybridized carbons (Fsp3) is 0.333. The molecule has 0 aliphatic carbocycles. The Labute approximate surface area is 93.7 Å². The molecule has 84 valence electrons. The molecule has 0 spiro atoms. The number of hydrogen-bond donors (Lipinski definition) is 1. The van der Waals surface area contributed by atoms with Gasteiger partial charge in [-0.2, -0.15) is 15.4 Å². The van der Waals surface area contributed by atoms with Gasteiger partial charge in [0.2, 0.25) is 0 Å². The van der Waals surface area contributed by atoms with E-state index in [2.05, 4.69) is 22.3 Å². The lowest BCUT2D eigenvalue weighted by Gasteiger charge is -2.13. The Morgan fingerprint density at radius 1 is 1.31 bits per heavy atom. The van der Waals surface area contributed by atoms with Gasteiger partial charge in [0.25, 0.3) is 0 Å². The summed E-state index contributed by atoms with van der Waals surface area (Å²) in [6.45, 7) is 2.12. The number of nitrogens with zero attached hydrogens (tertiary/aromatic N) is 2. The summed E-state index contributed by atoms with van der Waals surface area (Å²) in [5, 5.41) is 10.4. The molecule has 3 nitrogen and oxygen atoms in total. The van der Waals surface area contributed by atoms with Gasteiger partial charge in [-0.1, -0.05) is 19.1 Å². The first-order valence-corrected chi connectivity index (χ1v) is 5.39. The number of rotatable bonds is 4. The summed E-state index contributed by atoms with van der Waals surface area (Å²) in [6.07, 6.45) is 3.56. The standard InChI is InChI=1S/C12H14FN3/c1-2-9(7-12-8-14-16-15-12)10-3-5-11(13)6-4-10/h3-6,8-9H,2,7H2,1H3,(H,14,15,16). The van der Waals surface area contributed by atoms with Crippen LogP contribution in [0.3, 0.4) is 0 Å². The highest BCUT2D eigenvalue weighted by Gasteiger charge is 2.11. The number of aromatic nitrogens is 3. The minimum Gasteiger partial charge on any atom is -0.207 e. The van der Waals surface area contributed by atoms with Gasteiger partial charge in [0.15, 0.2) is 0 Å². The van der Waals surface area contributed by atoms with Crippen LogP contribution in [0.4, 0.5) is 4.39 Å². The lowest BCUT2D eigenvalue weighted by atomic mass is 9.92. The third kappa shape index (κ3) is 2.45. The first-order chi connectivity index (χ1) is 7.79. The van der Waals surface area contributed by atoms with Gasteiger partial charge in [-0.15, -0.1) is 0 Å². The Morgan fingerprint density at radius 3 is 2.62 bits per heavy atom. The quantitative estimate of drug-likeness (QED) is 0.858. The van der Waals surface area contributed by atoms with Crippen LogP contribution >= 0.6 is 0 Å². The highest BCUT2D eigenvalue weighted by Crippen LogP contribution is 2.23. The fourth-order valence-electron chi connectivity index (χ4n) is 1.81. The molecule has 0 aliphatic heterocycles. The van der Waals surface area contributed by atoms with Crippen LogP contribution in [0, 0.1) is 5.82 Å². The third-order valence-corrected chi connectivity index (χ3v) is 2.75. The highest BCUT2D eigenvalue weighted by atomic mass is 19.1. The van der Waals surface area contributed by atoms with E-state index in [1.54, 1.807) is 6.20 Å². The number of halogens is 1. The molecule has 0 saturated carbocycles. The molecule has 0 saturated heterocycles. The monoisotopic (exact) mass is 219 g/mol. The highest BCUT2D eigenvalue weighted by molar-refractivity contribution is 5.21. The SMILES string of the molecule is CCC(Cc1cn[nH]n1)c1ccc(F)cc1. The Balaban J connectivity index is 2.13. The number of aromatic amines is 1. The molecule has 1 atom stereocenters. The molecule has 1 unspecified atom stereocenters. The van der Waals surface area contributed by atoms with Crippen molar-refractivity contribution in [2.45, 2.75) is 25.7 Å². The predicted molar refractivity (Wildman–Crippen MR) is 59.5 cm³/mol. The van der Waals surface area contributed by atoms with Crippen molar-refractivity contribution >= 4 is 0 Å². The lowest BCUT2D eigenvalue weighted by molar-refractivity contribution is 0.618. The summed E-state index contributed by atoms with van der Waals surface area (Å²) in [5.41, 5.74) is 2.09. The second-order valence-electron chi connectivity index (χ2n) is 3.82. The van der Waals surface area contributed by atoms with Gasteiger partial charge < -0.3 is 0 Å². The molecule has 16 heavy (non-hydrogen) atoms. The van der Waals surface area contributed by atoms with Crippen LogP contribution in [0.2, 0.25) is 0 Å². The fourth-order valence-corrected chi connectivity index (χ4v) is 1.81. The van der Waals surface area contributed by atoms with E-state index in [0.29, 0.717) is 5.92 Å². The largest absolute Gasteiger partial charge is 0.207 e. The predicted octanol–water partition coefficient (Wildman–Crippen LogP) is 2.68. The van der Waals surface area contributed by atoms with E-state index in [1.165, 1.54) is 12.1 Å². The maximum absolute atomic E-state index is 12.8. The summed E-state index contributed by atoms with van der Waals surface area (Å²) in [7, 11) is 0. The summed E-state index contributed by atoms with van der Waals surface area (Å²) >= 11 is 0. The minimum atomic E-state index is -0.194. The smallest absolute Gasteiger partial charge is 0.123 e. The van der Waals surface area contributed by atoms with Crippen LogP contribution in [0.5, 0.6) is 0 Å². The van der Waals surface area contributed by atoms with Gasteiger partial charge in [0.1, 0.15) is 5.82 Å². The van der Waals surface area contributed by atoms with Gasteiger partial charge >= 0.3 is 0 Å². The average Bonchev–Trinajstić information content (AvgIpc) is 2.80. The number of H-pyrrole nitrogens is 1. The molecule has 0 aliphatic rings. The Hall–Kier alpha value is -1.71. The van der Waals surface area contributed by atoms with Crippen LogP contribution < -0.4 is 0 Å². The molecule has 4 heteroatoms. The van der Waals surface area contributed by atoms with Crippen molar-refractivity contribution in [3.05, 3.63) is 47.5 Å². The first kappa shape index (κ1) is 10.8. The second kappa shape index (κ2) is 4.88. The second-order valence-corrected chi connectivity index (χ2v) is 3.82. The normalized spacial score (nSPS) is 12.6. The summed E-state index contributed by atoms with van der Waals surface area (Å²) < 4.78 is 12.8. The molecule has 0 amide bonds. The van der Waals surface area contributed by atoms with Crippen LogP contribution in [0.1, 0.15) is 30.5 Å². The maximum atomic E-state index is 12.8. The molecule has 1 N–H and O–H groups in total. The van der Waals surface area contributed by atoms with Gasteiger partial charge in [-0.3, -0.25) is 0 Å². The Morgan fingerprint density at radius 2 is 2.06 bits per heavy atom. The molecule has 2 aromatic rings. The minimum absolute atomic E-state index is 0.194. The van der Waals surface area contributed by atoms with E-state index in [-0.39, 0.29) is 5.82 Å². The van der Waals surface area contributed by atoms with E-state index in [1.807, 2.05) is 12.1 Å².